The number of ether oxygens (including phenoxy) is 1. The minimum Gasteiger partial charge on any atom is -0.496 e. The molecule has 120 valence electrons. The van der Waals surface area contributed by atoms with Crippen LogP contribution in [-0.4, -0.2) is 18.1 Å². The molecule has 0 spiro atoms. The Hall–Kier alpha value is -1.92. The molecule has 0 saturated carbocycles. The van der Waals surface area contributed by atoms with Crippen molar-refractivity contribution in [3.8, 4) is 5.75 Å². The Morgan fingerprint density at radius 1 is 1.22 bits per heavy atom. The second kappa shape index (κ2) is 8.08. The highest BCUT2D eigenvalue weighted by molar-refractivity contribution is 9.10. The predicted molar refractivity (Wildman–Crippen MR) is 98.8 cm³/mol. The van der Waals surface area contributed by atoms with E-state index >= 15 is 0 Å². The largest absolute Gasteiger partial charge is 0.496 e. The van der Waals surface area contributed by atoms with Crippen LogP contribution in [0.4, 0.5) is 0 Å². The fourth-order valence-electron chi connectivity index (χ4n) is 2.04. The zero-order chi connectivity index (χ0) is 16.8. The molecule has 0 aromatic heterocycles. The molecule has 1 atom stereocenters. The number of nitrogens with one attached hydrogen (secondary N) is 2. The first-order valence-corrected chi connectivity index (χ1v) is 8.21. The third kappa shape index (κ3) is 4.77. The minimum absolute atomic E-state index is 0.00611. The summed E-state index contributed by atoms with van der Waals surface area (Å²) in [7, 11) is 1.57. The molecule has 0 saturated heterocycles. The molecule has 0 aliphatic carbocycles. The topological polar surface area (TPSA) is 50.4 Å². The average molecular weight is 393 g/mol. The fourth-order valence-corrected chi connectivity index (χ4v) is 2.85. The normalized spacial score (nSPS) is 11.4. The van der Waals surface area contributed by atoms with Crippen LogP contribution in [-0.2, 0) is 0 Å². The van der Waals surface area contributed by atoms with Crippen molar-refractivity contribution in [3.63, 3.8) is 0 Å². The highest BCUT2D eigenvalue weighted by Gasteiger charge is 2.12. The van der Waals surface area contributed by atoms with Gasteiger partial charge < -0.3 is 10.1 Å². The summed E-state index contributed by atoms with van der Waals surface area (Å²) >= 11 is 8.57. The van der Waals surface area contributed by atoms with Gasteiger partial charge in [-0.25, -0.2) is 0 Å². The molecule has 0 fully saturated rings. The number of thiocarbonyl (C=S) groups is 1. The van der Waals surface area contributed by atoms with Crippen molar-refractivity contribution in [3.05, 3.63) is 64.1 Å². The monoisotopic (exact) mass is 392 g/mol. The van der Waals surface area contributed by atoms with Crippen molar-refractivity contribution in [1.82, 2.24) is 10.6 Å². The van der Waals surface area contributed by atoms with Gasteiger partial charge in [0, 0.05) is 5.56 Å². The van der Waals surface area contributed by atoms with Crippen LogP contribution in [0.3, 0.4) is 0 Å². The number of hydrogen-bond donors (Lipinski definition) is 2. The first kappa shape index (κ1) is 17.4. The summed E-state index contributed by atoms with van der Waals surface area (Å²) in [6.07, 6.45) is 0. The van der Waals surface area contributed by atoms with Gasteiger partial charge in [0.15, 0.2) is 5.11 Å². The van der Waals surface area contributed by atoms with E-state index in [-0.39, 0.29) is 11.9 Å². The second-order valence-corrected chi connectivity index (χ2v) is 6.17. The van der Waals surface area contributed by atoms with Crippen LogP contribution >= 0.6 is 28.1 Å². The summed E-state index contributed by atoms with van der Waals surface area (Å²) in [5.41, 5.74) is 1.59. The van der Waals surface area contributed by atoms with E-state index in [0.717, 1.165) is 5.56 Å². The van der Waals surface area contributed by atoms with Crippen molar-refractivity contribution in [2.75, 3.05) is 7.11 Å². The summed E-state index contributed by atoms with van der Waals surface area (Å²) in [6.45, 7) is 1.98. The summed E-state index contributed by atoms with van der Waals surface area (Å²) < 4.78 is 5.86. The third-order valence-electron chi connectivity index (χ3n) is 3.29. The molecule has 0 aliphatic rings. The Balaban J connectivity index is 1.97. The smallest absolute Gasteiger partial charge is 0.257 e. The maximum Gasteiger partial charge on any atom is 0.257 e. The molecule has 0 heterocycles. The van der Waals surface area contributed by atoms with Crippen LogP contribution in [0.5, 0.6) is 5.75 Å². The summed E-state index contributed by atoms with van der Waals surface area (Å²) in [6, 6.07) is 15.0. The SMILES string of the molecule is COc1ccc(C(=O)NC(=S)NC(C)c2ccccc2)cc1Br. The molecular weight excluding hydrogens is 376 g/mol. The van der Waals surface area contributed by atoms with Crippen molar-refractivity contribution >= 4 is 39.2 Å². The lowest BCUT2D eigenvalue weighted by molar-refractivity contribution is 0.0976. The number of hydrogen-bond acceptors (Lipinski definition) is 3. The Bertz CT molecular complexity index is 707. The summed E-state index contributed by atoms with van der Waals surface area (Å²) in [4.78, 5) is 12.2. The number of methoxy groups -OCH3 is 1. The van der Waals surface area contributed by atoms with Crippen LogP contribution in [0.1, 0.15) is 28.9 Å². The van der Waals surface area contributed by atoms with Gasteiger partial charge in [-0.15, -0.1) is 0 Å². The number of halogens is 1. The van der Waals surface area contributed by atoms with Gasteiger partial charge in [-0.2, -0.15) is 0 Å². The summed E-state index contributed by atoms with van der Waals surface area (Å²) in [5, 5.41) is 6.07. The highest BCUT2D eigenvalue weighted by atomic mass is 79.9. The standard InChI is InChI=1S/C17H17BrN2O2S/c1-11(12-6-4-3-5-7-12)19-17(23)20-16(21)13-8-9-15(22-2)14(18)10-13/h3-11H,1-2H3,(H2,19,20,21,23). The number of carbonyl (C=O) groups is 1. The van der Waals surface area contributed by atoms with Gasteiger partial charge in [-0.3, -0.25) is 10.1 Å². The van der Waals surface area contributed by atoms with Gasteiger partial charge >= 0.3 is 0 Å². The predicted octanol–water partition coefficient (Wildman–Crippen LogP) is 3.82. The van der Waals surface area contributed by atoms with Gasteiger partial charge in [0.05, 0.1) is 17.6 Å². The van der Waals surface area contributed by atoms with E-state index in [2.05, 4.69) is 26.6 Å². The van der Waals surface area contributed by atoms with Gasteiger partial charge in [0.2, 0.25) is 0 Å². The number of benzene rings is 2. The Morgan fingerprint density at radius 3 is 2.52 bits per heavy atom. The van der Waals surface area contributed by atoms with E-state index in [1.165, 1.54) is 0 Å². The molecule has 0 radical (unpaired) electrons. The van der Waals surface area contributed by atoms with Gasteiger partial charge in [0.1, 0.15) is 5.75 Å². The lowest BCUT2D eigenvalue weighted by Gasteiger charge is -2.17. The molecule has 0 aliphatic heterocycles. The maximum absolute atomic E-state index is 12.2. The lowest BCUT2D eigenvalue weighted by Crippen LogP contribution is -2.40. The number of carbonyl (C=O) groups excluding carboxylic acids is 1. The van der Waals surface area contributed by atoms with Crippen LogP contribution in [0.25, 0.3) is 0 Å². The Morgan fingerprint density at radius 2 is 1.91 bits per heavy atom. The third-order valence-corrected chi connectivity index (χ3v) is 4.13. The molecule has 1 unspecified atom stereocenters. The van der Waals surface area contributed by atoms with Gasteiger partial charge in [-0.05, 0) is 58.8 Å². The molecule has 4 nitrogen and oxygen atoms in total. The zero-order valence-corrected chi connectivity index (χ0v) is 15.2. The molecule has 2 aromatic rings. The lowest BCUT2D eigenvalue weighted by atomic mass is 10.1. The minimum atomic E-state index is -0.272. The van der Waals surface area contributed by atoms with Crippen molar-refractivity contribution in [1.29, 1.82) is 0 Å². The molecule has 2 N–H and O–H groups in total. The molecule has 2 aromatic carbocycles. The second-order valence-electron chi connectivity index (χ2n) is 4.91. The molecule has 0 bridgehead atoms. The molecular formula is C17H17BrN2O2S. The van der Waals surface area contributed by atoms with Crippen LogP contribution in [0, 0.1) is 0 Å². The average Bonchev–Trinajstić information content (AvgIpc) is 2.55. The van der Waals surface area contributed by atoms with Crippen molar-refractivity contribution in [2.24, 2.45) is 0 Å². The maximum atomic E-state index is 12.2. The van der Waals surface area contributed by atoms with Gasteiger partial charge in [-0.1, -0.05) is 30.3 Å². The number of rotatable bonds is 4. The molecule has 6 heteroatoms. The van der Waals surface area contributed by atoms with Crippen LogP contribution in [0.15, 0.2) is 53.0 Å². The Kier molecular flexibility index (Phi) is 6.12. The fraction of sp³-hybridized carbons (Fsp3) is 0.176. The number of amides is 1. The van der Waals surface area contributed by atoms with Crippen LogP contribution in [0.2, 0.25) is 0 Å². The summed E-state index contributed by atoms with van der Waals surface area (Å²) in [5.74, 6) is 0.395. The quantitative estimate of drug-likeness (QED) is 0.776. The van der Waals surface area contributed by atoms with Crippen molar-refractivity contribution < 1.29 is 9.53 Å². The molecule has 1 amide bonds. The first-order chi connectivity index (χ1) is 11.0. The first-order valence-electron chi connectivity index (χ1n) is 7.01. The van der Waals surface area contributed by atoms with E-state index < -0.39 is 0 Å². The van der Waals surface area contributed by atoms with E-state index in [0.29, 0.717) is 20.9 Å². The van der Waals surface area contributed by atoms with E-state index in [9.17, 15) is 4.79 Å². The van der Waals surface area contributed by atoms with E-state index in [4.69, 9.17) is 17.0 Å². The molecule has 23 heavy (non-hydrogen) atoms. The highest BCUT2D eigenvalue weighted by Crippen LogP contribution is 2.25. The van der Waals surface area contributed by atoms with E-state index in [1.54, 1.807) is 25.3 Å². The molecule has 2 rings (SSSR count). The van der Waals surface area contributed by atoms with E-state index in [1.807, 2.05) is 37.3 Å². The van der Waals surface area contributed by atoms with Crippen molar-refractivity contribution in [2.45, 2.75) is 13.0 Å². The van der Waals surface area contributed by atoms with Gasteiger partial charge in [0.25, 0.3) is 5.91 Å². The van der Waals surface area contributed by atoms with Crippen LogP contribution < -0.4 is 15.4 Å². The zero-order valence-electron chi connectivity index (χ0n) is 12.8. The Labute approximate surface area is 149 Å².